The fraction of sp³-hybridized carbons (Fsp3) is 0.429. The molecule has 4 heteroatoms. The summed E-state index contributed by atoms with van der Waals surface area (Å²) in [6, 6.07) is 13.0. The van der Waals surface area contributed by atoms with Gasteiger partial charge in [-0.15, -0.1) is 0 Å². The molecule has 0 bridgehead atoms. The van der Waals surface area contributed by atoms with Crippen LogP contribution in [0.15, 0.2) is 40.9 Å². The molecule has 0 heterocycles. The Bertz CT molecular complexity index is 711. The normalized spacial score (nSPS) is 14.7. The highest BCUT2D eigenvalue weighted by Crippen LogP contribution is 2.37. The molecule has 0 aliphatic heterocycles. The summed E-state index contributed by atoms with van der Waals surface area (Å²) in [7, 11) is 1.69. The predicted molar refractivity (Wildman–Crippen MR) is 105 cm³/mol. The van der Waals surface area contributed by atoms with Gasteiger partial charge in [0.25, 0.3) is 0 Å². The summed E-state index contributed by atoms with van der Waals surface area (Å²) in [5.41, 5.74) is 3.53. The maximum atomic E-state index is 6.20. The fourth-order valence-electron chi connectivity index (χ4n) is 3.40. The van der Waals surface area contributed by atoms with Crippen molar-refractivity contribution in [1.29, 1.82) is 0 Å². The van der Waals surface area contributed by atoms with Gasteiger partial charge in [0.15, 0.2) is 11.5 Å². The lowest BCUT2D eigenvalue weighted by Gasteiger charge is -2.19. The van der Waals surface area contributed by atoms with E-state index in [1.807, 2.05) is 12.1 Å². The lowest BCUT2D eigenvalue weighted by Crippen LogP contribution is -2.25. The molecule has 2 aromatic rings. The number of rotatable bonds is 7. The monoisotopic (exact) mass is 403 g/mol. The van der Waals surface area contributed by atoms with Crippen LogP contribution in [-0.2, 0) is 13.2 Å². The Labute approximate surface area is 158 Å². The van der Waals surface area contributed by atoms with Gasteiger partial charge in [0.05, 0.1) is 7.11 Å². The minimum absolute atomic E-state index is 0.533. The van der Waals surface area contributed by atoms with Crippen molar-refractivity contribution in [1.82, 2.24) is 5.32 Å². The molecule has 1 fully saturated rings. The molecule has 0 aromatic heterocycles. The van der Waals surface area contributed by atoms with Crippen LogP contribution in [0.2, 0.25) is 0 Å². The number of benzene rings is 2. The van der Waals surface area contributed by atoms with Crippen LogP contribution in [0.3, 0.4) is 0 Å². The zero-order chi connectivity index (χ0) is 17.6. The number of aryl methyl sites for hydroxylation is 1. The van der Waals surface area contributed by atoms with Gasteiger partial charge in [-0.1, -0.05) is 58.6 Å². The van der Waals surface area contributed by atoms with Crippen molar-refractivity contribution in [2.75, 3.05) is 7.11 Å². The third-order valence-corrected chi connectivity index (χ3v) is 5.52. The smallest absolute Gasteiger partial charge is 0.167 e. The largest absolute Gasteiger partial charge is 0.493 e. The average Bonchev–Trinajstić information content (AvgIpc) is 3.12. The Kier molecular flexibility index (Phi) is 6.38. The summed E-state index contributed by atoms with van der Waals surface area (Å²) in [6.07, 6.45) is 5.18. The van der Waals surface area contributed by atoms with E-state index in [9.17, 15) is 0 Å². The second-order valence-corrected chi connectivity index (χ2v) is 7.55. The van der Waals surface area contributed by atoms with E-state index in [-0.39, 0.29) is 0 Å². The van der Waals surface area contributed by atoms with Crippen LogP contribution in [0.25, 0.3) is 0 Å². The standard InChI is InChI=1S/C21H26BrNO2/c1-15-6-5-7-16(12-15)14-25-21-18(13-23-17-8-3-4-9-17)19(22)10-11-20(21)24-2/h5-7,10-12,17,23H,3-4,8-9,13-14H2,1-2H3. The van der Waals surface area contributed by atoms with E-state index in [1.165, 1.54) is 31.2 Å². The molecule has 1 saturated carbocycles. The van der Waals surface area contributed by atoms with Gasteiger partial charge in [0.2, 0.25) is 0 Å². The SMILES string of the molecule is COc1ccc(Br)c(CNC2CCCC2)c1OCc1cccc(C)c1. The van der Waals surface area contributed by atoms with Gasteiger partial charge in [-0.2, -0.15) is 0 Å². The lowest BCUT2D eigenvalue weighted by molar-refractivity contribution is 0.279. The van der Waals surface area contributed by atoms with Crippen molar-refractivity contribution in [3.05, 3.63) is 57.6 Å². The first-order valence-corrected chi connectivity index (χ1v) is 9.74. The van der Waals surface area contributed by atoms with Gasteiger partial charge in [-0.05, 0) is 37.5 Å². The van der Waals surface area contributed by atoms with Gasteiger partial charge in [-0.3, -0.25) is 0 Å². The Morgan fingerprint density at radius 2 is 1.96 bits per heavy atom. The number of nitrogens with one attached hydrogen (secondary N) is 1. The number of methoxy groups -OCH3 is 1. The second kappa shape index (κ2) is 8.72. The van der Waals surface area contributed by atoms with Crippen molar-refractivity contribution < 1.29 is 9.47 Å². The van der Waals surface area contributed by atoms with Crippen molar-refractivity contribution in [3.63, 3.8) is 0 Å². The molecule has 1 N–H and O–H groups in total. The van der Waals surface area contributed by atoms with Gasteiger partial charge in [-0.25, -0.2) is 0 Å². The zero-order valence-electron chi connectivity index (χ0n) is 15.0. The minimum atomic E-state index is 0.533. The van der Waals surface area contributed by atoms with E-state index in [0.717, 1.165) is 33.6 Å². The molecule has 3 nitrogen and oxygen atoms in total. The van der Waals surface area contributed by atoms with E-state index < -0.39 is 0 Å². The molecule has 3 rings (SSSR count). The molecule has 1 aliphatic carbocycles. The summed E-state index contributed by atoms with van der Waals surface area (Å²) in [4.78, 5) is 0. The zero-order valence-corrected chi connectivity index (χ0v) is 16.6. The quantitative estimate of drug-likeness (QED) is 0.672. The molecule has 0 atom stereocenters. The minimum Gasteiger partial charge on any atom is -0.493 e. The van der Waals surface area contributed by atoms with Gasteiger partial charge >= 0.3 is 0 Å². The first-order chi connectivity index (χ1) is 12.2. The van der Waals surface area contributed by atoms with Gasteiger partial charge < -0.3 is 14.8 Å². The van der Waals surface area contributed by atoms with Crippen molar-refractivity contribution in [2.24, 2.45) is 0 Å². The molecule has 0 saturated heterocycles. The van der Waals surface area contributed by atoms with Crippen molar-refractivity contribution >= 4 is 15.9 Å². The Morgan fingerprint density at radius 1 is 1.16 bits per heavy atom. The van der Waals surface area contributed by atoms with Crippen molar-refractivity contribution in [2.45, 2.75) is 51.8 Å². The van der Waals surface area contributed by atoms with Crippen LogP contribution in [0.4, 0.5) is 0 Å². The molecule has 2 aromatic carbocycles. The molecule has 1 aliphatic rings. The van der Waals surface area contributed by atoms with Gasteiger partial charge in [0, 0.05) is 22.6 Å². The number of halogens is 1. The van der Waals surface area contributed by atoms with E-state index in [2.05, 4.69) is 52.4 Å². The number of hydrogen-bond acceptors (Lipinski definition) is 3. The lowest BCUT2D eigenvalue weighted by atomic mass is 10.1. The molecule has 25 heavy (non-hydrogen) atoms. The topological polar surface area (TPSA) is 30.5 Å². The van der Waals surface area contributed by atoms with Crippen LogP contribution < -0.4 is 14.8 Å². The van der Waals surface area contributed by atoms with Crippen LogP contribution in [0.5, 0.6) is 11.5 Å². The maximum absolute atomic E-state index is 6.20. The summed E-state index contributed by atoms with van der Waals surface area (Å²) < 4.78 is 12.8. The van der Waals surface area contributed by atoms with Crippen LogP contribution in [0, 0.1) is 6.92 Å². The summed E-state index contributed by atoms with van der Waals surface area (Å²) in [6.45, 7) is 3.41. The highest BCUT2D eigenvalue weighted by Gasteiger charge is 2.18. The third-order valence-electron chi connectivity index (χ3n) is 4.78. The highest BCUT2D eigenvalue weighted by molar-refractivity contribution is 9.10. The molecular formula is C21H26BrNO2. The van der Waals surface area contributed by atoms with Crippen LogP contribution >= 0.6 is 15.9 Å². The number of ether oxygens (including phenoxy) is 2. The number of hydrogen-bond donors (Lipinski definition) is 1. The maximum Gasteiger partial charge on any atom is 0.167 e. The first kappa shape index (κ1) is 18.3. The fourth-order valence-corrected chi connectivity index (χ4v) is 3.85. The molecule has 0 unspecified atom stereocenters. The third kappa shape index (κ3) is 4.77. The van der Waals surface area contributed by atoms with E-state index >= 15 is 0 Å². The Balaban J connectivity index is 1.78. The predicted octanol–water partition coefficient (Wildman–Crippen LogP) is 5.38. The van der Waals surface area contributed by atoms with Crippen LogP contribution in [0.1, 0.15) is 42.4 Å². The molecular weight excluding hydrogens is 378 g/mol. The first-order valence-electron chi connectivity index (χ1n) is 8.94. The average molecular weight is 404 g/mol. The van der Waals surface area contributed by atoms with E-state index in [1.54, 1.807) is 7.11 Å². The molecule has 0 radical (unpaired) electrons. The van der Waals surface area contributed by atoms with E-state index in [4.69, 9.17) is 9.47 Å². The van der Waals surface area contributed by atoms with Crippen LogP contribution in [-0.4, -0.2) is 13.2 Å². The Hall–Kier alpha value is -1.52. The summed E-state index contributed by atoms with van der Waals surface area (Å²) >= 11 is 3.68. The van der Waals surface area contributed by atoms with Gasteiger partial charge in [0.1, 0.15) is 6.61 Å². The molecule has 0 spiro atoms. The molecule has 0 amide bonds. The molecule has 134 valence electrons. The van der Waals surface area contributed by atoms with E-state index in [0.29, 0.717) is 12.6 Å². The summed E-state index contributed by atoms with van der Waals surface area (Å²) in [5, 5.41) is 3.67. The Morgan fingerprint density at radius 3 is 2.68 bits per heavy atom. The highest BCUT2D eigenvalue weighted by atomic mass is 79.9. The summed E-state index contributed by atoms with van der Waals surface area (Å²) in [5.74, 6) is 1.60. The van der Waals surface area contributed by atoms with Crippen molar-refractivity contribution in [3.8, 4) is 11.5 Å². The second-order valence-electron chi connectivity index (χ2n) is 6.70.